The van der Waals surface area contributed by atoms with Gasteiger partial charge in [0.05, 0.1) is 44.0 Å². The lowest BCUT2D eigenvalue weighted by molar-refractivity contribution is 0.0302. The Morgan fingerprint density at radius 2 is 2.03 bits per heavy atom. The first-order valence-corrected chi connectivity index (χ1v) is 10.7. The van der Waals surface area contributed by atoms with Gasteiger partial charge in [0, 0.05) is 43.5 Å². The fourth-order valence-electron chi connectivity index (χ4n) is 4.31. The second-order valence-corrected chi connectivity index (χ2v) is 8.33. The van der Waals surface area contributed by atoms with Gasteiger partial charge in [0.15, 0.2) is 5.78 Å². The van der Waals surface area contributed by atoms with Crippen LogP contribution in [0.3, 0.4) is 0 Å². The lowest BCUT2D eigenvalue weighted by Crippen LogP contribution is -2.47. The summed E-state index contributed by atoms with van der Waals surface area (Å²) in [6.45, 7) is 8.48. The van der Waals surface area contributed by atoms with Crippen molar-refractivity contribution in [3.05, 3.63) is 33.7 Å². The molecule has 1 unspecified atom stereocenters. The Bertz CT molecular complexity index is 996. The number of aromatic nitrogens is 3. The molecule has 4 heterocycles. The van der Waals surface area contributed by atoms with E-state index in [4.69, 9.17) is 26.8 Å². The molecule has 0 saturated carbocycles. The minimum Gasteiger partial charge on any atom is -0.496 e. The molecule has 0 aliphatic carbocycles. The van der Waals surface area contributed by atoms with Gasteiger partial charge in [0.25, 0.3) is 0 Å². The first kappa shape index (κ1) is 21.7. The summed E-state index contributed by atoms with van der Waals surface area (Å²) >= 11 is 6.37. The fourth-order valence-corrected chi connectivity index (χ4v) is 4.57. The lowest BCUT2D eigenvalue weighted by atomic mass is 9.92. The van der Waals surface area contributed by atoms with Crippen LogP contribution in [0.25, 0.3) is 0 Å². The van der Waals surface area contributed by atoms with Gasteiger partial charge in [-0.05, 0) is 13.8 Å². The third kappa shape index (κ3) is 4.30. The smallest absolute Gasteiger partial charge is 0.223 e. The number of fused-ring (bicyclic) bond motifs is 1. The molecule has 9 nitrogen and oxygen atoms in total. The Morgan fingerprint density at radius 3 is 2.74 bits per heavy atom. The molecule has 2 aliphatic rings. The Hall–Kier alpha value is -2.49. The average molecular weight is 447 g/mol. The monoisotopic (exact) mass is 446 g/mol. The molecule has 166 valence electrons. The highest BCUT2D eigenvalue weighted by atomic mass is 35.5. The number of ketones is 1. The Morgan fingerprint density at radius 1 is 1.29 bits per heavy atom. The minimum atomic E-state index is -0.261. The molecule has 0 radical (unpaired) electrons. The molecule has 0 aromatic carbocycles. The van der Waals surface area contributed by atoms with E-state index in [9.17, 15) is 4.79 Å². The van der Waals surface area contributed by atoms with Gasteiger partial charge in [-0.1, -0.05) is 11.6 Å². The maximum atomic E-state index is 13.3. The number of morpholine rings is 1. The summed E-state index contributed by atoms with van der Waals surface area (Å²) in [7, 11) is 1.65. The normalized spacial score (nSPS) is 19.4. The second kappa shape index (κ2) is 8.94. The van der Waals surface area contributed by atoms with Crippen molar-refractivity contribution in [1.29, 1.82) is 0 Å². The van der Waals surface area contributed by atoms with Gasteiger partial charge in [-0.2, -0.15) is 4.98 Å². The molecule has 10 heteroatoms. The predicted molar refractivity (Wildman–Crippen MR) is 118 cm³/mol. The molecule has 0 amide bonds. The van der Waals surface area contributed by atoms with Gasteiger partial charge in [-0.25, -0.2) is 4.98 Å². The van der Waals surface area contributed by atoms with E-state index < -0.39 is 0 Å². The largest absolute Gasteiger partial charge is 0.496 e. The van der Waals surface area contributed by atoms with Crippen molar-refractivity contribution >= 4 is 29.2 Å². The topological polar surface area (TPSA) is 107 Å². The number of halogens is 1. The molecule has 1 saturated heterocycles. The number of rotatable bonds is 5. The number of carbonyl (C=O) groups excluding carboxylic acids is 1. The van der Waals surface area contributed by atoms with Gasteiger partial charge in [0.2, 0.25) is 5.95 Å². The van der Waals surface area contributed by atoms with Crippen LogP contribution in [0.5, 0.6) is 5.75 Å². The number of hydrogen-bond acceptors (Lipinski definition) is 9. The van der Waals surface area contributed by atoms with Crippen molar-refractivity contribution in [2.45, 2.75) is 20.4 Å². The molecule has 2 aliphatic heterocycles. The SMILES string of the molecule is COc1c(C)cnc(CN2CC(CN3CCOCC3)C(=O)c3c(Cl)nc(N)nc32)c1C. The van der Waals surface area contributed by atoms with Crippen molar-refractivity contribution in [1.82, 2.24) is 19.9 Å². The van der Waals surface area contributed by atoms with Crippen LogP contribution in [0.1, 0.15) is 27.2 Å². The maximum Gasteiger partial charge on any atom is 0.223 e. The summed E-state index contributed by atoms with van der Waals surface area (Å²) in [5.74, 6) is 1.00. The number of carbonyl (C=O) groups is 1. The molecule has 0 spiro atoms. The fraction of sp³-hybridized carbons (Fsp3) is 0.524. The van der Waals surface area contributed by atoms with E-state index in [2.05, 4.69) is 19.9 Å². The number of pyridine rings is 1. The standard InChI is InChI=1S/C21H27ClN6O3/c1-12-8-24-15(13(2)18(12)30-3)11-28-10-14(9-27-4-6-31-7-5-27)17(29)16-19(22)25-21(23)26-20(16)28/h8,14H,4-7,9-11H2,1-3H3,(H2,23,25,26). The molecule has 31 heavy (non-hydrogen) atoms. The first-order chi connectivity index (χ1) is 14.9. The zero-order valence-electron chi connectivity index (χ0n) is 18.0. The van der Waals surface area contributed by atoms with E-state index in [-0.39, 0.29) is 22.8 Å². The quantitative estimate of drug-likeness (QED) is 0.688. The Labute approximate surface area is 186 Å². The van der Waals surface area contributed by atoms with Crippen LogP contribution < -0.4 is 15.4 Å². The number of nitrogens with two attached hydrogens (primary N) is 1. The summed E-state index contributed by atoms with van der Waals surface area (Å²) < 4.78 is 11.0. The number of anilines is 2. The van der Waals surface area contributed by atoms with E-state index in [0.717, 1.165) is 35.7 Å². The predicted octanol–water partition coefficient (Wildman–Crippen LogP) is 1.88. The van der Waals surface area contributed by atoms with E-state index in [1.165, 1.54) is 0 Å². The van der Waals surface area contributed by atoms with Gasteiger partial charge < -0.3 is 20.1 Å². The molecule has 4 rings (SSSR count). The van der Waals surface area contributed by atoms with Crippen molar-refractivity contribution < 1.29 is 14.3 Å². The summed E-state index contributed by atoms with van der Waals surface area (Å²) in [5.41, 5.74) is 8.97. The number of methoxy groups -OCH3 is 1. The number of Topliss-reactive ketones (excluding diaryl/α,β-unsaturated/α-hetero) is 1. The molecule has 1 fully saturated rings. The van der Waals surface area contributed by atoms with E-state index in [1.807, 2.05) is 18.7 Å². The highest BCUT2D eigenvalue weighted by molar-refractivity contribution is 6.34. The Kier molecular flexibility index (Phi) is 6.27. The molecule has 2 aromatic rings. The summed E-state index contributed by atoms with van der Waals surface area (Å²) in [5, 5.41) is 0.0929. The van der Waals surface area contributed by atoms with Crippen LogP contribution in [0.15, 0.2) is 6.20 Å². The van der Waals surface area contributed by atoms with Gasteiger partial charge >= 0.3 is 0 Å². The van der Waals surface area contributed by atoms with E-state index >= 15 is 0 Å². The van der Waals surface area contributed by atoms with Crippen LogP contribution in [-0.4, -0.2) is 72.1 Å². The van der Waals surface area contributed by atoms with Gasteiger partial charge in [-0.15, -0.1) is 0 Å². The maximum absolute atomic E-state index is 13.3. The molecule has 2 N–H and O–H groups in total. The zero-order chi connectivity index (χ0) is 22.1. The van der Waals surface area contributed by atoms with E-state index in [0.29, 0.717) is 44.2 Å². The third-order valence-electron chi connectivity index (χ3n) is 5.89. The Balaban J connectivity index is 1.69. The average Bonchev–Trinajstić information content (AvgIpc) is 2.74. The van der Waals surface area contributed by atoms with Crippen molar-refractivity contribution in [3.8, 4) is 5.75 Å². The zero-order valence-corrected chi connectivity index (χ0v) is 18.8. The van der Waals surface area contributed by atoms with Crippen molar-refractivity contribution in [2.75, 3.05) is 57.1 Å². The molecule has 2 aromatic heterocycles. The minimum absolute atomic E-state index is 0.0411. The van der Waals surface area contributed by atoms with Gasteiger partial charge in [0.1, 0.15) is 16.7 Å². The summed E-state index contributed by atoms with van der Waals surface area (Å²) in [6, 6.07) is 0. The van der Waals surface area contributed by atoms with Crippen LogP contribution >= 0.6 is 11.6 Å². The molecular formula is C21H27ClN6O3. The number of ether oxygens (including phenoxy) is 2. The second-order valence-electron chi connectivity index (χ2n) is 7.97. The van der Waals surface area contributed by atoms with Crippen molar-refractivity contribution in [2.24, 2.45) is 5.92 Å². The number of aryl methyl sites for hydroxylation is 1. The number of hydrogen-bond donors (Lipinski definition) is 1. The number of nitrogens with zero attached hydrogens (tertiary/aromatic N) is 5. The van der Waals surface area contributed by atoms with Crippen LogP contribution in [0, 0.1) is 19.8 Å². The lowest BCUT2D eigenvalue weighted by Gasteiger charge is -2.37. The molecular weight excluding hydrogens is 420 g/mol. The van der Waals surface area contributed by atoms with Crippen LogP contribution in [-0.2, 0) is 11.3 Å². The van der Waals surface area contributed by atoms with Crippen molar-refractivity contribution in [3.63, 3.8) is 0 Å². The third-order valence-corrected chi connectivity index (χ3v) is 6.17. The molecule has 0 bridgehead atoms. The van der Waals surface area contributed by atoms with Gasteiger partial charge in [-0.3, -0.25) is 14.7 Å². The number of nitrogen functional groups attached to an aromatic ring is 1. The van der Waals surface area contributed by atoms with Crippen LogP contribution in [0.4, 0.5) is 11.8 Å². The first-order valence-electron chi connectivity index (χ1n) is 10.3. The van der Waals surface area contributed by atoms with Crippen LogP contribution in [0.2, 0.25) is 5.15 Å². The summed E-state index contributed by atoms with van der Waals surface area (Å²) in [4.78, 5) is 30.6. The summed E-state index contributed by atoms with van der Waals surface area (Å²) in [6.07, 6.45) is 1.80. The highest BCUT2D eigenvalue weighted by Gasteiger charge is 2.37. The highest BCUT2D eigenvalue weighted by Crippen LogP contribution is 2.35. The van der Waals surface area contributed by atoms with E-state index in [1.54, 1.807) is 13.3 Å². The molecule has 1 atom stereocenters.